The van der Waals surface area contributed by atoms with E-state index in [0.29, 0.717) is 11.1 Å². The highest BCUT2D eigenvalue weighted by molar-refractivity contribution is 6.05. The molecule has 126 valence electrons. The van der Waals surface area contributed by atoms with Crippen molar-refractivity contribution in [1.82, 2.24) is 0 Å². The lowest BCUT2D eigenvalue weighted by molar-refractivity contribution is -0.121. The average Bonchev–Trinajstić information content (AvgIpc) is 2.51. The van der Waals surface area contributed by atoms with Crippen LogP contribution in [0, 0.1) is 5.41 Å². The molecule has 0 radical (unpaired) electrons. The van der Waals surface area contributed by atoms with E-state index in [1.807, 2.05) is 39.0 Å². The first-order chi connectivity index (χ1) is 11.2. The summed E-state index contributed by atoms with van der Waals surface area (Å²) in [6, 6.07) is 9.05. The molecule has 0 amide bonds. The number of benzene rings is 1. The van der Waals surface area contributed by atoms with Crippen molar-refractivity contribution >= 4 is 11.6 Å². The van der Waals surface area contributed by atoms with Gasteiger partial charge in [-0.05, 0) is 43.2 Å². The van der Waals surface area contributed by atoms with E-state index in [1.165, 1.54) is 6.08 Å². The molecule has 1 aliphatic carbocycles. The number of hydrogen-bond acceptors (Lipinski definition) is 3. The second-order valence-electron chi connectivity index (χ2n) is 7.07. The number of ketones is 2. The van der Waals surface area contributed by atoms with Crippen molar-refractivity contribution in [2.24, 2.45) is 5.41 Å². The van der Waals surface area contributed by atoms with E-state index in [9.17, 15) is 14.7 Å². The fourth-order valence-corrected chi connectivity index (χ4v) is 3.06. The number of aliphatic hydroxyl groups is 1. The zero-order chi connectivity index (χ0) is 18.0. The zero-order valence-corrected chi connectivity index (χ0v) is 14.7. The molecule has 0 heterocycles. The SMILES string of the molecule is CC(C=CC1(O)C(C)=CC(=O)CC1(C)C)=CC(=O)c1ccccc1. The van der Waals surface area contributed by atoms with Gasteiger partial charge in [-0.15, -0.1) is 0 Å². The molecule has 1 aromatic rings. The average molecular weight is 324 g/mol. The van der Waals surface area contributed by atoms with Gasteiger partial charge in [-0.2, -0.15) is 0 Å². The standard InChI is InChI=1S/C21H24O3/c1-15(12-19(23)17-8-6-5-7-9-17)10-11-21(24)16(2)13-18(22)14-20(21,3)4/h5-13,24H,14H2,1-4H3. The van der Waals surface area contributed by atoms with Crippen LogP contribution in [0.1, 0.15) is 44.5 Å². The molecule has 0 saturated carbocycles. The van der Waals surface area contributed by atoms with Crippen molar-refractivity contribution in [3.8, 4) is 0 Å². The first kappa shape index (κ1) is 18.1. The van der Waals surface area contributed by atoms with E-state index < -0.39 is 11.0 Å². The smallest absolute Gasteiger partial charge is 0.186 e. The predicted molar refractivity (Wildman–Crippen MR) is 95.8 cm³/mol. The quantitative estimate of drug-likeness (QED) is 0.516. The molecule has 0 bridgehead atoms. The highest BCUT2D eigenvalue weighted by atomic mass is 16.3. The molecular formula is C21H24O3. The molecule has 3 nitrogen and oxygen atoms in total. The number of hydrogen-bond donors (Lipinski definition) is 1. The van der Waals surface area contributed by atoms with Crippen molar-refractivity contribution in [3.63, 3.8) is 0 Å². The van der Waals surface area contributed by atoms with Gasteiger partial charge in [0.2, 0.25) is 0 Å². The molecule has 0 aromatic heterocycles. The van der Waals surface area contributed by atoms with Crippen LogP contribution in [0.3, 0.4) is 0 Å². The maximum absolute atomic E-state index is 12.2. The Morgan fingerprint density at radius 3 is 2.42 bits per heavy atom. The van der Waals surface area contributed by atoms with Gasteiger partial charge in [0.05, 0.1) is 0 Å². The van der Waals surface area contributed by atoms with Crippen LogP contribution in [0.2, 0.25) is 0 Å². The Morgan fingerprint density at radius 1 is 1.21 bits per heavy atom. The first-order valence-corrected chi connectivity index (χ1v) is 8.07. The van der Waals surface area contributed by atoms with Gasteiger partial charge >= 0.3 is 0 Å². The molecule has 0 aliphatic heterocycles. The Kier molecular flexibility index (Phi) is 5.05. The summed E-state index contributed by atoms with van der Waals surface area (Å²) in [7, 11) is 0. The van der Waals surface area contributed by atoms with E-state index in [-0.39, 0.29) is 18.0 Å². The lowest BCUT2D eigenvalue weighted by Gasteiger charge is -2.44. The normalized spacial score (nSPS) is 24.1. The number of carbonyl (C=O) groups excluding carboxylic acids is 2. The van der Waals surface area contributed by atoms with Crippen LogP contribution in [-0.4, -0.2) is 22.3 Å². The van der Waals surface area contributed by atoms with Crippen LogP contribution in [0.4, 0.5) is 0 Å². The van der Waals surface area contributed by atoms with Crippen molar-refractivity contribution in [2.45, 2.75) is 39.7 Å². The second kappa shape index (κ2) is 6.70. The van der Waals surface area contributed by atoms with E-state index in [4.69, 9.17) is 0 Å². The van der Waals surface area contributed by atoms with Crippen LogP contribution in [0.5, 0.6) is 0 Å². The summed E-state index contributed by atoms with van der Waals surface area (Å²) in [6.45, 7) is 7.33. The van der Waals surface area contributed by atoms with Crippen molar-refractivity contribution < 1.29 is 14.7 Å². The summed E-state index contributed by atoms with van der Waals surface area (Å²) >= 11 is 0. The Labute approximate surface area is 143 Å². The lowest BCUT2D eigenvalue weighted by Crippen LogP contribution is -2.48. The third kappa shape index (κ3) is 3.62. The molecule has 0 saturated heterocycles. The molecule has 1 aliphatic rings. The molecule has 1 aromatic carbocycles. The molecule has 0 fully saturated rings. The van der Waals surface area contributed by atoms with Gasteiger partial charge in [0, 0.05) is 17.4 Å². The van der Waals surface area contributed by atoms with Gasteiger partial charge in [0.15, 0.2) is 11.6 Å². The molecule has 1 atom stereocenters. The third-order valence-corrected chi connectivity index (χ3v) is 4.63. The van der Waals surface area contributed by atoms with E-state index in [0.717, 1.165) is 5.57 Å². The van der Waals surface area contributed by atoms with Crippen molar-refractivity contribution in [2.75, 3.05) is 0 Å². The fraction of sp³-hybridized carbons (Fsp3) is 0.333. The predicted octanol–water partition coefficient (Wildman–Crippen LogP) is 4.05. The first-order valence-electron chi connectivity index (χ1n) is 8.07. The zero-order valence-electron chi connectivity index (χ0n) is 14.7. The van der Waals surface area contributed by atoms with Gasteiger partial charge in [-0.1, -0.05) is 50.3 Å². The maximum atomic E-state index is 12.2. The van der Waals surface area contributed by atoms with Gasteiger partial charge in [0.25, 0.3) is 0 Å². The summed E-state index contributed by atoms with van der Waals surface area (Å²) in [5.41, 5.74) is 0.207. The number of carbonyl (C=O) groups is 2. The Bertz CT molecular complexity index is 736. The van der Waals surface area contributed by atoms with Crippen LogP contribution in [-0.2, 0) is 4.79 Å². The summed E-state index contributed by atoms with van der Waals surface area (Å²) < 4.78 is 0. The topological polar surface area (TPSA) is 54.4 Å². The van der Waals surface area contributed by atoms with Crippen LogP contribution < -0.4 is 0 Å². The molecule has 0 spiro atoms. The fourth-order valence-electron chi connectivity index (χ4n) is 3.06. The minimum Gasteiger partial charge on any atom is -0.381 e. The van der Waals surface area contributed by atoms with Gasteiger partial charge in [0.1, 0.15) is 5.60 Å². The van der Waals surface area contributed by atoms with E-state index in [2.05, 4.69) is 0 Å². The minimum atomic E-state index is -1.20. The maximum Gasteiger partial charge on any atom is 0.186 e. The summed E-state index contributed by atoms with van der Waals surface area (Å²) in [5, 5.41) is 11.1. The summed E-state index contributed by atoms with van der Waals surface area (Å²) in [6.07, 6.45) is 6.78. The molecule has 2 rings (SSSR count). The highest BCUT2D eigenvalue weighted by Crippen LogP contribution is 2.44. The van der Waals surface area contributed by atoms with Crippen molar-refractivity contribution in [3.05, 3.63) is 71.3 Å². The van der Waals surface area contributed by atoms with E-state index >= 15 is 0 Å². The van der Waals surface area contributed by atoms with E-state index in [1.54, 1.807) is 37.3 Å². The third-order valence-electron chi connectivity index (χ3n) is 4.63. The minimum absolute atomic E-state index is 0.0297. The Morgan fingerprint density at radius 2 is 1.83 bits per heavy atom. The summed E-state index contributed by atoms with van der Waals surface area (Å²) in [5.74, 6) is -0.0443. The molecule has 3 heteroatoms. The molecule has 24 heavy (non-hydrogen) atoms. The summed E-state index contributed by atoms with van der Waals surface area (Å²) in [4.78, 5) is 23.9. The van der Waals surface area contributed by atoms with Gasteiger partial charge in [-0.3, -0.25) is 9.59 Å². The van der Waals surface area contributed by atoms with Gasteiger partial charge < -0.3 is 5.11 Å². The number of rotatable bonds is 4. The molecular weight excluding hydrogens is 300 g/mol. The Balaban J connectivity index is 2.25. The molecule has 1 N–H and O–H groups in total. The van der Waals surface area contributed by atoms with Crippen LogP contribution in [0.25, 0.3) is 0 Å². The highest BCUT2D eigenvalue weighted by Gasteiger charge is 2.46. The van der Waals surface area contributed by atoms with Crippen molar-refractivity contribution in [1.29, 1.82) is 0 Å². The van der Waals surface area contributed by atoms with Gasteiger partial charge in [-0.25, -0.2) is 0 Å². The Hall–Kier alpha value is -2.26. The number of allylic oxidation sites excluding steroid dienone is 4. The van der Waals surface area contributed by atoms with Crippen LogP contribution >= 0.6 is 0 Å². The van der Waals surface area contributed by atoms with Crippen LogP contribution in [0.15, 0.2) is 65.8 Å². The largest absolute Gasteiger partial charge is 0.381 e. The monoisotopic (exact) mass is 324 g/mol. The second-order valence-corrected chi connectivity index (χ2v) is 7.07. The lowest BCUT2D eigenvalue weighted by atomic mass is 9.64. The molecule has 1 unspecified atom stereocenters.